The number of ether oxygens (including phenoxy) is 1. The molecule has 0 aliphatic rings. The van der Waals surface area contributed by atoms with Crippen molar-refractivity contribution in [1.29, 1.82) is 0 Å². The van der Waals surface area contributed by atoms with Gasteiger partial charge in [0.2, 0.25) is 5.13 Å². The quantitative estimate of drug-likeness (QED) is 0.689. The molecular weight excluding hydrogens is 178 g/mol. The number of rotatable bonds is 2. The summed E-state index contributed by atoms with van der Waals surface area (Å²) < 4.78 is 4.15. The first-order chi connectivity index (χ1) is 5.70. The van der Waals surface area contributed by atoms with E-state index in [1.165, 1.54) is 11.3 Å². The highest BCUT2D eigenvalue weighted by atomic mass is 32.1. The molecule has 6 heteroatoms. The molecule has 1 heterocycles. The molecule has 0 bridgehead atoms. The van der Waals surface area contributed by atoms with Gasteiger partial charge < -0.3 is 10.5 Å². The van der Waals surface area contributed by atoms with Gasteiger partial charge in [-0.1, -0.05) is 11.3 Å². The van der Waals surface area contributed by atoms with Gasteiger partial charge in [-0.3, -0.25) is 4.79 Å². The normalized spacial score (nSPS) is 8.17. The Bertz CT molecular complexity index is 210. The van der Waals surface area contributed by atoms with Crippen molar-refractivity contribution in [2.45, 2.75) is 13.8 Å². The summed E-state index contributed by atoms with van der Waals surface area (Å²) in [5, 5.41) is 8.68. The fourth-order valence-corrected chi connectivity index (χ4v) is 0.846. The minimum absolute atomic E-state index is 0.431. The molecule has 0 atom stereocenters. The Morgan fingerprint density at radius 2 is 2.33 bits per heavy atom. The summed E-state index contributed by atoms with van der Waals surface area (Å²) in [4.78, 5) is 9.18. The fourth-order valence-electron chi connectivity index (χ4n) is 0.380. The van der Waals surface area contributed by atoms with E-state index in [1.807, 2.05) is 6.92 Å². The second-order valence-electron chi connectivity index (χ2n) is 1.71. The second kappa shape index (κ2) is 6.53. The summed E-state index contributed by atoms with van der Waals surface area (Å²) in [5.41, 5.74) is 5.22. The number of nitrogen functional groups attached to an aromatic ring is 1. The van der Waals surface area contributed by atoms with Gasteiger partial charge in [0.1, 0.15) is 5.01 Å². The number of hydrogen-bond donors (Lipinski definition) is 1. The van der Waals surface area contributed by atoms with Crippen molar-refractivity contribution in [3.63, 3.8) is 0 Å². The third kappa shape index (κ3) is 5.60. The SMILES string of the molecule is CCOC=O.Cc1nnc(N)s1. The van der Waals surface area contributed by atoms with Crippen molar-refractivity contribution >= 4 is 22.9 Å². The van der Waals surface area contributed by atoms with Crippen molar-refractivity contribution in [2.24, 2.45) is 0 Å². The van der Waals surface area contributed by atoms with E-state index in [0.717, 1.165) is 5.01 Å². The number of nitrogens with two attached hydrogens (primary N) is 1. The molecule has 0 aliphatic heterocycles. The van der Waals surface area contributed by atoms with Crippen LogP contribution in [0.4, 0.5) is 5.13 Å². The smallest absolute Gasteiger partial charge is 0.293 e. The van der Waals surface area contributed by atoms with Crippen LogP contribution in [0, 0.1) is 6.92 Å². The van der Waals surface area contributed by atoms with Crippen LogP contribution in [-0.4, -0.2) is 23.3 Å². The lowest BCUT2D eigenvalue weighted by molar-refractivity contribution is -0.128. The highest BCUT2D eigenvalue weighted by Crippen LogP contribution is 2.07. The summed E-state index contributed by atoms with van der Waals surface area (Å²) >= 11 is 1.40. The third-order valence-corrected chi connectivity index (χ3v) is 1.44. The van der Waals surface area contributed by atoms with Crippen molar-refractivity contribution in [3.8, 4) is 0 Å². The fraction of sp³-hybridized carbons (Fsp3) is 0.500. The van der Waals surface area contributed by atoms with Crippen LogP contribution in [0.25, 0.3) is 0 Å². The number of nitrogens with zero attached hydrogens (tertiary/aromatic N) is 2. The predicted molar refractivity (Wildman–Crippen MR) is 46.7 cm³/mol. The molecule has 1 aromatic heterocycles. The number of carbonyl (C=O) groups excluding carboxylic acids is 1. The Hall–Kier alpha value is -1.17. The summed E-state index contributed by atoms with van der Waals surface area (Å²) in [6.45, 7) is 4.53. The van der Waals surface area contributed by atoms with Crippen molar-refractivity contribution in [3.05, 3.63) is 5.01 Å². The summed E-state index contributed by atoms with van der Waals surface area (Å²) in [5.74, 6) is 0. The lowest BCUT2D eigenvalue weighted by Gasteiger charge is -1.79. The van der Waals surface area contributed by atoms with E-state index in [4.69, 9.17) is 5.73 Å². The van der Waals surface area contributed by atoms with Crippen molar-refractivity contribution in [2.75, 3.05) is 12.3 Å². The molecule has 12 heavy (non-hydrogen) atoms. The molecule has 5 nitrogen and oxygen atoms in total. The molecule has 0 aliphatic carbocycles. The van der Waals surface area contributed by atoms with E-state index in [2.05, 4.69) is 14.9 Å². The maximum atomic E-state index is 9.18. The molecule has 68 valence electrons. The Morgan fingerprint density at radius 3 is 2.42 bits per heavy atom. The maximum absolute atomic E-state index is 9.18. The molecule has 0 amide bonds. The topological polar surface area (TPSA) is 78.1 Å². The summed E-state index contributed by atoms with van der Waals surface area (Å²) in [6, 6.07) is 0. The van der Waals surface area contributed by atoms with E-state index < -0.39 is 0 Å². The van der Waals surface area contributed by atoms with E-state index in [9.17, 15) is 4.79 Å². The van der Waals surface area contributed by atoms with Gasteiger partial charge in [-0.15, -0.1) is 10.2 Å². The highest BCUT2D eigenvalue weighted by Gasteiger charge is 1.89. The molecule has 1 aromatic rings. The van der Waals surface area contributed by atoms with Crippen LogP contribution in [0.15, 0.2) is 0 Å². The Labute approximate surface area is 74.6 Å². The van der Waals surface area contributed by atoms with Crippen LogP contribution in [0.5, 0.6) is 0 Å². The zero-order valence-corrected chi connectivity index (χ0v) is 7.80. The van der Waals surface area contributed by atoms with Crippen LogP contribution in [0.3, 0.4) is 0 Å². The first-order valence-corrected chi connectivity index (χ1v) is 4.13. The van der Waals surface area contributed by atoms with E-state index in [-0.39, 0.29) is 0 Å². The van der Waals surface area contributed by atoms with Crippen LogP contribution in [-0.2, 0) is 9.53 Å². The number of aryl methyl sites for hydroxylation is 1. The Balaban J connectivity index is 0.000000217. The third-order valence-electron chi connectivity index (χ3n) is 0.776. The van der Waals surface area contributed by atoms with Gasteiger partial charge in [0.15, 0.2) is 0 Å². The molecule has 0 saturated heterocycles. The molecule has 0 radical (unpaired) electrons. The molecule has 0 saturated carbocycles. The Morgan fingerprint density at radius 1 is 1.67 bits per heavy atom. The molecule has 0 unspecified atom stereocenters. The lowest BCUT2D eigenvalue weighted by atomic mass is 10.9. The predicted octanol–water partition coefficient (Wildman–Crippen LogP) is 0.608. The van der Waals surface area contributed by atoms with Gasteiger partial charge in [-0.25, -0.2) is 0 Å². The number of anilines is 1. The molecular formula is C6H11N3O2S. The van der Waals surface area contributed by atoms with Crippen LogP contribution in [0.1, 0.15) is 11.9 Å². The first kappa shape index (κ1) is 10.8. The molecule has 0 aromatic carbocycles. The first-order valence-electron chi connectivity index (χ1n) is 3.31. The number of aromatic nitrogens is 2. The van der Waals surface area contributed by atoms with Crippen molar-refractivity contribution < 1.29 is 9.53 Å². The monoisotopic (exact) mass is 189 g/mol. The average molecular weight is 189 g/mol. The average Bonchev–Trinajstić information content (AvgIpc) is 2.38. The minimum atomic E-state index is 0.431. The summed E-state index contributed by atoms with van der Waals surface area (Å²) in [7, 11) is 0. The lowest BCUT2D eigenvalue weighted by Crippen LogP contribution is -1.80. The summed E-state index contributed by atoms with van der Waals surface area (Å²) in [6.07, 6.45) is 0. The van der Waals surface area contributed by atoms with E-state index in [1.54, 1.807) is 6.92 Å². The largest absolute Gasteiger partial charge is 0.468 e. The van der Waals surface area contributed by atoms with Gasteiger partial charge in [-0.05, 0) is 13.8 Å². The second-order valence-corrected chi connectivity index (χ2v) is 2.92. The minimum Gasteiger partial charge on any atom is -0.468 e. The zero-order valence-electron chi connectivity index (χ0n) is 6.98. The standard InChI is InChI=1S/C3H5N3S.C3H6O2/c1-2-5-6-3(4)7-2;1-2-5-3-4/h1H3,(H2,4,6);3H,2H2,1H3. The highest BCUT2D eigenvalue weighted by molar-refractivity contribution is 7.14. The number of carbonyl (C=O) groups is 1. The van der Waals surface area contributed by atoms with Gasteiger partial charge >= 0.3 is 0 Å². The van der Waals surface area contributed by atoms with Crippen LogP contribution < -0.4 is 5.73 Å². The van der Waals surface area contributed by atoms with Gasteiger partial charge in [0, 0.05) is 0 Å². The molecule has 1 rings (SSSR count). The van der Waals surface area contributed by atoms with Crippen LogP contribution >= 0.6 is 11.3 Å². The number of hydrogen-bond acceptors (Lipinski definition) is 6. The van der Waals surface area contributed by atoms with E-state index >= 15 is 0 Å². The maximum Gasteiger partial charge on any atom is 0.293 e. The molecule has 2 N–H and O–H groups in total. The van der Waals surface area contributed by atoms with Crippen molar-refractivity contribution in [1.82, 2.24) is 10.2 Å². The zero-order chi connectivity index (χ0) is 9.40. The van der Waals surface area contributed by atoms with Gasteiger partial charge in [0.25, 0.3) is 6.47 Å². The Kier molecular flexibility index (Phi) is 5.90. The van der Waals surface area contributed by atoms with Gasteiger partial charge in [0.05, 0.1) is 6.61 Å². The molecule has 0 spiro atoms. The van der Waals surface area contributed by atoms with Crippen LogP contribution in [0.2, 0.25) is 0 Å². The van der Waals surface area contributed by atoms with Gasteiger partial charge in [-0.2, -0.15) is 0 Å². The molecule has 0 fully saturated rings. The van der Waals surface area contributed by atoms with E-state index in [0.29, 0.717) is 18.2 Å².